The number of carboxylic acids is 1. The van der Waals surface area contributed by atoms with Gasteiger partial charge in [-0.15, -0.1) is 0 Å². The molecule has 0 bridgehead atoms. The molecular weight excluding hydrogens is 192 g/mol. The predicted octanol–water partition coefficient (Wildman–Crippen LogP) is 2.02. The first kappa shape index (κ1) is 10.2. The van der Waals surface area contributed by atoms with Crippen LogP contribution in [0.25, 0.3) is 0 Å². The second-order valence-electron chi connectivity index (χ2n) is 4.19. The number of rotatable bonds is 3. The van der Waals surface area contributed by atoms with Crippen LogP contribution in [0.1, 0.15) is 43.7 Å². The Balaban J connectivity index is 2.02. The number of aliphatic carboxylic acids is 1. The molecule has 1 heterocycles. The van der Waals surface area contributed by atoms with Gasteiger partial charge in [0.2, 0.25) is 0 Å². The van der Waals surface area contributed by atoms with Gasteiger partial charge in [-0.25, -0.2) is 0 Å². The molecule has 0 spiro atoms. The summed E-state index contributed by atoms with van der Waals surface area (Å²) < 4.78 is 1.94. The van der Waals surface area contributed by atoms with E-state index in [2.05, 4.69) is 5.10 Å². The van der Waals surface area contributed by atoms with E-state index >= 15 is 0 Å². The van der Waals surface area contributed by atoms with E-state index in [0.29, 0.717) is 6.04 Å². The third-order valence-electron chi connectivity index (χ3n) is 2.96. The minimum Gasteiger partial charge on any atom is -0.481 e. The van der Waals surface area contributed by atoms with Crippen molar-refractivity contribution in [2.24, 2.45) is 0 Å². The first-order valence-electron chi connectivity index (χ1n) is 5.50. The minimum absolute atomic E-state index is 0.0761. The summed E-state index contributed by atoms with van der Waals surface area (Å²) in [5, 5.41) is 12.9. The van der Waals surface area contributed by atoms with Gasteiger partial charge < -0.3 is 5.11 Å². The van der Waals surface area contributed by atoms with Crippen LogP contribution in [0, 0.1) is 0 Å². The summed E-state index contributed by atoms with van der Waals surface area (Å²) in [7, 11) is 0. The van der Waals surface area contributed by atoms with Crippen LogP contribution in [0.15, 0.2) is 12.4 Å². The van der Waals surface area contributed by atoms with Crippen molar-refractivity contribution >= 4 is 5.97 Å². The van der Waals surface area contributed by atoms with Crippen molar-refractivity contribution in [2.45, 2.75) is 44.6 Å². The maximum absolute atomic E-state index is 10.5. The van der Waals surface area contributed by atoms with Crippen LogP contribution in [0.5, 0.6) is 0 Å². The monoisotopic (exact) mass is 208 g/mol. The number of nitrogens with zero attached hydrogens (tertiary/aromatic N) is 2. The highest BCUT2D eigenvalue weighted by Crippen LogP contribution is 2.27. The zero-order valence-corrected chi connectivity index (χ0v) is 8.72. The lowest BCUT2D eigenvalue weighted by Crippen LogP contribution is -2.13. The molecule has 0 aromatic carbocycles. The molecule has 1 aromatic rings. The minimum atomic E-state index is -0.793. The Kier molecular flexibility index (Phi) is 3.04. The van der Waals surface area contributed by atoms with E-state index < -0.39 is 5.97 Å². The Bertz CT molecular complexity index is 340. The van der Waals surface area contributed by atoms with Crippen LogP contribution in [-0.2, 0) is 11.2 Å². The highest BCUT2D eigenvalue weighted by atomic mass is 16.4. The fourth-order valence-electron chi connectivity index (χ4n) is 2.19. The summed E-state index contributed by atoms with van der Waals surface area (Å²) in [6.45, 7) is 0. The molecule has 1 aliphatic carbocycles. The highest BCUT2D eigenvalue weighted by molar-refractivity contribution is 5.69. The number of aromatic nitrogens is 2. The van der Waals surface area contributed by atoms with Crippen LogP contribution in [-0.4, -0.2) is 20.9 Å². The molecule has 82 valence electrons. The van der Waals surface area contributed by atoms with Crippen molar-refractivity contribution in [1.82, 2.24) is 9.78 Å². The number of carbonyl (C=O) groups is 1. The molecule has 0 radical (unpaired) electrons. The Labute approximate surface area is 88.9 Å². The molecule has 15 heavy (non-hydrogen) atoms. The molecule has 0 atom stereocenters. The topological polar surface area (TPSA) is 55.1 Å². The second-order valence-corrected chi connectivity index (χ2v) is 4.19. The molecule has 1 aliphatic rings. The fraction of sp³-hybridized carbons (Fsp3) is 0.636. The molecule has 2 rings (SSSR count). The summed E-state index contributed by atoms with van der Waals surface area (Å²) in [6.07, 6.45) is 9.82. The number of hydrogen-bond donors (Lipinski definition) is 1. The Morgan fingerprint density at radius 1 is 1.47 bits per heavy atom. The number of carboxylic acid groups (broad SMARTS) is 1. The zero-order chi connectivity index (χ0) is 10.7. The molecule has 1 aromatic heterocycles. The van der Waals surface area contributed by atoms with Gasteiger partial charge >= 0.3 is 5.97 Å². The Morgan fingerprint density at radius 2 is 2.20 bits per heavy atom. The van der Waals surface area contributed by atoms with Crippen molar-refractivity contribution in [3.63, 3.8) is 0 Å². The Morgan fingerprint density at radius 3 is 2.87 bits per heavy atom. The maximum Gasteiger partial charge on any atom is 0.307 e. The summed E-state index contributed by atoms with van der Waals surface area (Å²) in [5.41, 5.74) is 0.799. The largest absolute Gasteiger partial charge is 0.481 e. The molecule has 1 saturated carbocycles. The number of hydrogen-bond acceptors (Lipinski definition) is 2. The van der Waals surface area contributed by atoms with Crippen LogP contribution >= 0.6 is 0 Å². The van der Waals surface area contributed by atoms with Crippen molar-refractivity contribution in [3.05, 3.63) is 18.0 Å². The summed E-state index contributed by atoms with van der Waals surface area (Å²) in [4.78, 5) is 10.5. The molecule has 4 heteroatoms. The lowest BCUT2D eigenvalue weighted by molar-refractivity contribution is -0.136. The van der Waals surface area contributed by atoms with Crippen molar-refractivity contribution < 1.29 is 9.90 Å². The van der Waals surface area contributed by atoms with Gasteiger partial charge in [0.15, 0.2) is 0 Å². The van der Waals surface area contributed by atoms with Gasteiger partial charge in [0.05, 0.1) is 18.7 Å². The first-order chi connectivity index (χ1) is 7.25. The lowest BCUT2D eigenvalue weighted by atomic mass is 9.96. The lowest BCUT2D eigenvalue weighted by Gasteiger charge is -2.21. The van der Waals surface area contributed by atoms with Gasteiger partial charge in [-0.3, -0.25) is 9.48 Å². The van der Waals surface area contributed by atoms with E-state index in [-0.39, 0.29) is 6.42 Å². The van der Waals surface area contributed by atoms with Gasteiger partial charge in [-0.2, -0.15) is 5.10 Å². The van der Waals surface area contributed by atoms with Crippen LogP contribution in [0.2, 0.25) is 0 Å². The molecule has 0 aliphatic heterocycles. The van der Waals surface area contributed by atoms with Crippen LogP contribution in [0.4, 0.5) is 0 Å². The Hall–Kier alpha value is -1.32. The first-order valence-corrected chi connectivity index (χ1v) is 5.50. The van der Waals surface area contributed by atoms with Crippen LogP contribution < -0.4 is 0 Å². The summed E-state index contributed by atoms with van der Waals surface area (Å²) >= 11 is 0. The molecule has 0 saturated heterocycles. The molecule has 1 fully saturated rings. The smallest absolute Gasteiger partial charge is 0.307 e. The van der Waals surface area contributed by atoms with E-state index in [1.54, 1.807) is 6.20 Å². The van der Waals surface area contributed by atoms with Gasteiger partial charge in [-0.1, -0.05) is 19.3 Å². The third kappa shape index (κ3) is 2.58. The van der Waals surface area contributed by atoms with Gasteiger partial charge in [-0.05, 0) is 12.8 Å². The van der Waals surface area contributed by atoms with Gasteiger partial charge in [0.1, 0.15) is 0 Å². The maximum atomic E-state index is 10.5. The second kappa shape index (κ2) is 4.47. The predicted molar refractivity (Wildman–Crippen MR) is 55.7 cm³/mol. The molecule has 4 nitrogen and oxygen atoms in total. The average molecular weight is 208 g/mol. The van der Waals surface area contributed by atoms with E-state index in [1.165, 1.54) is 32.1 Å². The van der Waals surface area contributed by atoms with E-state index in [0.717, 1.165) is 5.56 Å². The third-order valence-corrected chi connectivity index (χ3v) is 2.96. The summed E-state index contributed by atoms with van der Waals surface area (Å²) in [6, 6.07) is 0.487. The van der Waals surface area contributed by atoms with E-state index in [1.807, 2.05) is 10.9 Å². The highest BCUT2D eigenvalue weighted by Gasteiger charge is 2.16. The molecule has 0 unspecified atom stereocenters. The molecule has 1 N–H and O–H groups in total. The van der Waals surface area contributed by atoms with E-state index in [9.17, 15) is 4.79 Å². The quantitative estimate of drug-likeness (QED) is 0.826. The van der Waals surface area contributed by atoms with Gasteiger partial charge in [0.25, 0.3) is 0 Å². The van der Waals surface area contributed by atoms with Gasteiger partial charge in [0, 0.05) is 11.8 Å². The van der Waals surface area contributed by atoms with Crippen molar-refractivity contribution in [2.75, 3.05) is 0 Å². The normalized spacial score (nSPS) is 17.9. The average Bonchev–Trinajstić information content (AvgIpc) is 2.67. The van der Waals surface area contributed by atoms with Crippen molar-refractivity contribution in [1.29, 1.82) is 0 Å². The molecule has 0 amide bonds. The molecular formula is C11H16N2O2. The SMILES string of the molecule is O=C(O)Cc1cnn(C2CCCCC2)c1. The van der Waals surface area contributed by atoms with Crippen molar-refractivity contribution in [3.8, 4) is 0 Å². The summed E-state index contributed by atoms with van der Waals surface area (Å²) in [5.74, 6) is -0.793. The zero-order valence-electron chi connectivity index (χ0n) is 8.72. The fourth-order valence-corrected chi connectivity index (χ4v) is 2.19. The van der Waals surface area contributed by atoms with E-state index in [4.69, 9.17) is 5.11 Å². The standard InChI is InChI=1S/C11H16N2O2/c14-11(15)6-9-7-12-13(8-9)10-4-2-1-3-5-10/h7-8,10H,1-6H2,(H,14,15). The van der Waals surface area contributed by atoms with Crippen LogP contribution in [0.3, 0.4) is 0 Å².